The van der Waals surface area contributed by atoms with E-state index < -0.39 is 0 Å². The molecule has 6 heteroatoms. The van der Waals surface area contributed by atoms with Crippen LogP contribution < -0.4 is 20.7 Å². The van der Waals surface area contributed by atoms with Gasteiger partial charge in [0.2, 0.25) is 0 Å². The molecule has 2 radical (unpaired) electrons. The van der Waals surface area contributed by atoms with E-state index in [9.17, 15) is 5.11 Å². The number of benzene rings is 1. The zero-order chi connectivity index (χ0) is 10.6. The summed E-state index contributed by atoms with van der Waals surface area (Å²) in [7, 11) is 5.47. The summed E-state index contributed by atoms with van der Waals surface area (Å²) in [5.41, 5.74) is 0.925. The summed E-state index contributed by atoms with van der Waals surface area (Å²) < 4.78 is 1.04. The van der Waals surface area contributed by atoms with Crippen molar-refractivity contribution in [3.05, 3.63) is 26.8 Å². The van der Waals surface area contributed by atoms with Gasteiger partial charge in [0.05, 0.1) is 0 Å². The van der Waals surface area contributed by atoms with Gasteiger partial charge in [0.1, 0.15) is 0 Å². The molecule has 0 spiro atoms. The minimum atomic E-state index is -0.256. The summed E-state index contributed by atoms with van der Waals surface area (Å²) in [6.07, 6.45) is 0.393. The molecule has 3 nitrogen and oxygen atoms in total. The monoisotopic (exact) mass is 323 g/mol. The van der Waals surface area contributed by atoms with Crippen LogP contribution in [-0.2, 0) is 13.2 Å². The normalized spacial score (nSPS) is 11.6. The zero-order valence-corrected chi connectivity index (χ0v) is 10.5. The van der Waals surface area contributed by atoms with E-state index in [0.29, 0.717) is 17.2 Å². The number of halogens is 1. The third kappa shape index (κ3) is 2.83. The van der Waals surface area contributed by atoms with Gasteiger partial charge in [-0.05, 0) is 0 Å². The molecule has 14 heavy (non-hydrogen) atoms. The van der Waals surface area contributed by atoms with Crippen molar-refractivity contribution in [2.45, 2.75) is 13.2 Å². The van der Waals surface area contributed by atoms with Gasteiger partial charge < -0.3 is 0 Å². The molecule has 1 aromatic carbocycles. The summed E-state index contributed by atoms with van der Waals surface area (Å²) in [6, 6.07) is 3.50. The van der Waals surface area contributed by atoms with Crippen molar-refractivity contribution in [1.29, 1.82) is 0 Å². The van der Waals surface area contributed by atoms with E-state index in [1.165, 1.54) is 0 Å². The first-order valence-corrected chi connectivity index (χ1v) is 9.15. The average Bonchev–Trinajstić information content (AvgIpc) is 2.20. The van der Waals surface area contributed by atoms with Crippen molar-refractivity contribution < 1.29 is 36.0 Å². The molecule has 1 atom stereocenters. The minimum absolute atomic E-state index is 0.0110. The van der Waals surface area contributed by atoms with Crippen LogP contribution in [0.15, 0.2) is 12.1 Å². The average molecular weight is 323 g/mol. The second-order valence-corrected chi connectivity index (χ2v) is 7.73. The van der Waals surface area contributed by atoms with E-state index in [0.717, 1.165) is 3.57 Å². The Morgan fingerprint density at radius 3 is 2.07 bits per heavy atom. The molecule has 0 saturated carbocycles. The van der Waals surface area contributed by atoms with Gasteiger partial charge >= 0.3 is 95.4 Å². The molecule has 3 N–H and O–H groups in total. The molecule has 76 valence electrons. The van der Waals surface area contributed by atoms with E-state index in [1.807, 2.05) is 0 Å². The van der Waals surface area contributed by atoms with E-state index in [4.69, 9.17) is 17.8 Å². The van der Waals surface area contributed by atoms with Gasteiger partial charge in [0, 0.05) is 0 Å². The number of aliphatic hydroxyl groups excluding tert-OH is 2. The molecule has 1 aromatic rings. The molecular formula is C8H10BIO3P-. The molecule has 0 saturated heterocycles. The fourth-order valence-corrected chi connectivity index (χ4v) is 4.08. The number of hydrogen-bond acceptors (Lipinski definition) is 3. The van der Waals surface area contributed by atoms with Gasteiger partial charge in [-0.1, -0.05) is 0 Å². The van der Waals surface area contributed by atoms with Crippen LogP contribution in [0.1, 0.15) is 11.1 Å². The molecule has 0 fully saturated rings. The number of rotatable bonds is 4. The van der Waals surface area contributed by atoms with Gasteiger partial charge in [-0.25, -0.2) is 0 Å². The summed E-state index contributed by atoms with van der Waals surface area (Å²) in [4.78, 5) is 0. The predicted molar refractivity (Wildman–Crippen MR) is 52.7 cm³/mol. The van der Waals surface area contributed by atoms with Crippen molar-refractivity contribution >= 4 is 13.7 Å². The maximum absolute atomic E-state index is 9.54. The Morgan fingerprint density at radius 1 is 1.21 bits per heavy atom. The molecular weight excluding hydrogens is 313 g/mol. The summed E-state index contributed by atoms with van der Waals surface area (Å²) in [5, 5.41) is 27.5. The zero-order valence-electron chi connectivity index (χ0n) is 7.37. The molecule has 1 rings (SSSR count). The molecule has 1 unspecified atom stereocenters. The number of phenols is 1. The fourth-order valence-electron chi connectivity index (χ4n) is 1.08. The molecule has 0 aliphatic heterocycles. The Morgan fingerprint density at radius 2 is 1.71 bits per heavy atom. The van der Waals surface area contributed by atoms with Gasteiger partial charge in [0.15, 0.2) is 0 Å². The van der Waals surface area contributed by atoms with Crippen LogP contribution in [-0.4, -0.2) is 22.9 Å². The first-order chi connectivity index (χ1) is 6.72. The van der Waals surface area contributed by atoms with Gasteiger partial charge in [-0.15, -0.1) is 0 Å². The number of aromatic hydroxyl groups is 1. The molecule has 0 amide bonds. The van der Waals surface area contributed by atoms with Crippen LogP contribution >= 0.6 is 6.10 Å². The van der Waals surface area contributed by atoms with Crippen molar-refractivity contribution in [3.8, 4) is 5.75 Å². The van der Waals surface area contributed by atoms with Crippen molar-refractivity contribution in [1.82, 2.24) is 0 Å². The SMILES string of the molecule is [B]P[I-]c1cc(CO)c(O)c(CO)c1. The van der Waals surface area contributed by atoms with Crippen molar-refractivity contribution in [3.63, 3.8) is 0 Å². The first kappa shape index (κ1) is 12.2. The number of aliphatic hydroxyl groups is 2. The fraction of sp³-hybridized carbons (Fsp3) is 0.250. The maximum atomic E-state index is 9.54. The topological polar surface area (TPSA) is 60.7 Å². The Hall–Kier alpha value is 0.165. The third-order valence-electron chi connectivity index (χ3n) is 1.74. The van der Waals surface area contributed by atoms with Crippen LogP contribution in [0.25, 0.3) is 0 Å². The predicted octanol–water partition coefficient (Wildman–Crippen LogP) is -2.69. The molecule has 0 aliphatic carbocycles. The van der Waals surface area contributed by atoms with Crippen molar-refractivity contribution in [2.24, 2.45) is 0 Å². The first-order valence-electron chi connectivity index (χ1n) is 3.88. The number of hydrogen-bond donors (Lipinski definition) is 3. The van der Waals surface area contributed by atoms with Crippen LogP contribution in [0.4, 0.5) is 0 Å². The second-order valence-electron chi connectivity index (χ2n) is 2.59. The van der Waals surface area contributed by atoms with E-state index in [-0.39, 0.29) is 39.6 Å². The molecule has 0 aliphatic rings. The summed E-state index contributed by atoms with van der Waals surface area (Å²) >= 11 is -0.256. The van der Waals surface area contributed by atoms with Crippen LogP contribution in [0.3, 0.4) is 0 Å². The van der Waals surface area contributed by atoms with Crippen LogP contribution in [0.2, 0.25) is 0 Å². The van der Waals surface area contributed by atoms with Crippen molar-refractivity contribution in [2.75, 3.05) is 0 Å². The van der Waals surface area contributed by atoms with E-state index in [1.54, 1.807) is 12.1 Å². The van der Waals surface area contributed by atoms with E-state index in [2.05, 4.69) is 0 Å². The summed E-state index contributed by atoms with van der Waals surface area (Å²) in [6.45, 7) is -0.436. The quantitative estimate of drug-likeness (QED) is 0.321. The van der Waals surface area contributed by atoms with Crippen LogP contribution in [0, 0.1) is 3.57 Å². The van der Waals surface area contributed by atoms with Crippen LogP contribution in [0.5, 0.6) is 5.75 Å². The standard InChI is InChI=1S/C8H10BIO3P/c9-14-10-7-1-5(3-11)8(13)6(2-7)4-12/h1-2,11-14H,3-4H2/q-1. The molecule has 0 bridgehead atoms. The second kappa shape index (κ2) is 5.90. The Kier molecular flexibility index (Phi) is 5.16. The third-order valence-corrected chi connectivity index (χ3v) is 5.49. The molecule has 0 heterocycles. The molecule has 0 aromatic heterocycles. The Balaban J connectivity index is 3.11. The Labute approximate surface area is 95.3 Å². The van der Waals surface area contributed by atoms with E-state index >= 15 is 0 Å². The summed E-state index contributed by atoms with van der Waals surface area (Å²) in [5.74, 6) is -0.0110. The van der Waals surface area contributed by atoms with Gasteiger partial charge in [0.25, 0.3) is 0 Å². The Bertz CT molecular complexity index is 296. The van der Waals surface area contributed by atoms with Gasteiger partial charge in [-0.2, -0.15) is 0 Å². The van der Waals surface area contributed by atoms with Gasteiger partial charge in [-0.3, -0.25) is 0 Å².